The van der Waals surface area contributed by atoms with Gasteiger partial charge < -0.3 is 14.7 Å². The van der Waals surface area contributed by atoms with Crippen LogP contribution in [0.25, 0.3) is 11.1 Å². The standard InChI is InChI=1S/C16H18N4O2.ClH/c17-16(9-3-4-10-16)15-19-14(22-20-15)8-7-13-18-11-5-1-2-6-12(11)21-13;/h1-2,5-6H,3-4,7-10,17H2;1H. The lowest BCUT2D eigenvalue weighted by atomic mass is 9.99. The Bertz CT molecular complexity index is 759. The van der Waals surface area contributed by atoms with Gasteiger partial charge in [-0.3, -0.25) is 0 Å². The molecule has 1 saturated carbocycles. The van der Waals surface area contributed by atoms with Crippen molar-refractivity contribution in [2.75, 3.05) is 0 Å². The third-order valence-electron chi connectivity index (χ3n) is 4.30. The molecule has 23 heavy (non-hydrogen) atoms. The van der Waals surface area contributed by atoms with Crippen molar-refractivity contribution >= 4 is 23.5 Å². The Labute approximate surface area is 139 Å². The van der Waals surface area contributed by atoms with Crippen LogP contribution >= 0.6 is 12.4 Å². The lowest BCUT2D eigenvalue weighted by Crippen LogP contribution is -2.34. The molecule has 2 heterocycles. The monoisotopic (exact) mass is 334 g/mol. The van der Waals surface area contributed by atoms with Crippen molar-refractivity contribution in [3.05, 3.63) is 41.9 Å². The molecule has 0 radical (unpaired) electrons. The third-order valence-corrected chi connectivity index (χ3v) is 4.30. The first-order valence-electron chi connectivity index (χ1n) is 7.69. The zero-order valence-electron chi connectivity index (χ0n) is 12.7. The number of rotatable bonds is 4. The Morgan fingerprint density at radius 2 is 1.78 bits per heavy atom. The number of nitrogens with two attached hydrogens (primary N) is 1. The molecule has 0 amide bonds. The normalized spacial score (nSPS) is 16.6. The van der Waals surface area contributed by atoms with Crippen LogP contribution in [0.2, 0.25) is 0 Å². The summed E-state index contributed by atoms with van der Waals surface area (Å²) in [7, 11) is 0. The number of hydrogen-bond donors (Lipinski definition) is 1. The minimum Gasteiger partial charge on any atom is -0.441 e. The molecule has 1 fully saturated rings. The first kappa shape index (κ1) is 16.0. The van der Waals surface area contributed by atoms with E-state index in [-0.39, 0.29) is 12.4 Å². The van der Waals surface area contributed by atoms with Gasteiger partial charge in [-0.25, -0.2) is 4.98 Å². The Balaban J connectivity index is 0.00000156. The van der Waals surface area contributed by atoms with Crippen molar-refractivity contribution in [3.63, 3.8) is 0 Å². The molecule has 122 valence electrons. The molecule has 0 unspecified atom stereocenters. The van der Waals surface area contributed by atoms with Crippen LogP contribution in [-0.4, -0.2) is 15.1 Å². The van der Waals surface area contributed by atoms with Gasteiger partial charge in [0.1, 0.15) is 5.52 Å². The van der Waals surface area contributed by atoms with Gasteiger partial charge in [-0.05, 0) is 25.0 Å². The third kappa shape index (κ3) is 3.09. The van der Waals surface area contributed by atoms with Crippen molar-refractivity contribution in [3.8, 4) is 0 Å². The minimum atomic E-state index is -0.403. The van der Waals surface area contributed by atoms with E-state index in [1.165, 1.54) is 0 Å². The highest BCUT2D eigenvalue weighted by Gasteiger charge is 2.35. The molecule has 0 spiro atoms. The molecule has 0 aliphatic heterocycles. The first-order valence-corrected chi connectivity index (χ1v) is 7.69. The van der Waals surface area contributed by atoms with E-state index in [0.717, 1.165) is 36.8 Å². The van der Waals surface area contributed by atoms with Crippen LogP contribution < -0.4 is 5.73 Å². The number of benzene rings is 1. The summed E-state index contributed by atoms with van der Waals surface area (Å²) in [5.74, 6) is 1.91. The van der Waals surface area contributed by atoms with Crippen molar-refractivity contribution < 1.29 is 8.94 Å². The number of fused-ring (bicyclic) bond motifs is 1. The van der Waals surface area contributed by atoms with Crippen LogP contribution in [0.3, 0.4) is 0 Å². The van der Waals surface area contributed by atoms with Crippen molar-refractivity contribution in [1.29, 1.82) is 0 Å². The van der Waals surface area contributed by atoms with Crippen LogP contribution in [0.4, 0.5) is 0 Å². The van der Waals surface area contributed by atoms with Gasteiger partial charge in [-0.15, -0.1) is 12.4 Å². The fourth-order valence-electron chi connectivity index (χ4n) is 3.03. The average molecular weight is 335 g/mol. The minimum absolute atomic E-state index is 0. The molecular weight excluding hydrogens is 316 g/mol. The SMILES string of the molecule is Cl.NC1(c2noc(CCc3nc4ccccc4o3)n2)CCCC1. The molecule has 1 aromatic carbocycles. The van der Waals surface area contributed by atoms with E-state index in [0.29, 0.717) is 30.4 Å². The molecule has 2 N–H and O–H groups in total. The largest absolute Gasteiger partial charge is 0.441 e. The number of nitrogens with zero attached hydrogens (tertiary/aromatic N) is 3. The van der Waals surface area contributed by atoms with Crippen LogP contribution in [0.1, 0.15) is 43.3 Å². The number of para-hydroxylation sites is 2. The number of aromatic nitrogens is 3. The van der Waals surface area contributed by atoms with Crippen molar-refractivity contribution in [2.24, 2.45) is 5.73 Å². The molecular formula is C16H19ClN4O2. The maximum Gasteiger partial charge on any atom is 0.227 e. The van der Waals surface area contributed by atoms with Gasteiger partial charge in [0.2, 0.25) is 5.89 Å². The summed E-state index contributed by atoms with van der Waals surface area (Å²) in [6.45, 7) is 0. The topological polar surface area (TPSA) is 91.0 Å². The Hall–Kier alpha value is -1.92. The van der Waals surface area contributed by atoms with Crippen LogP contribution in [0, 0.1) is 0 Å². The molecule has 4 rings (SSSR count). The summed E-state index contributed by atoms with van der Waals surface area (Å²) >= 11 is 0. The van der Waals surface area contributed by atoms with Crippen molar-refractivity contribution in [1.82, 2.24) is 15.1 Å². The maximum absolute atomic E-state index is 6.34. The predicted molar refractivity (Wildman–Crippen MR) is 87.3 cm³/mol. The molecule has 6 nitrogen and oxygen atoms in total. The summed E-state index contributed by atoms with van der Waals surface area (Å²) < 4.78 is 11.0. The fraction of sp³-hybridized carbons (Fsp3) is 0.438. The lowest BCUT2D eigenvalue weighted by Gasteiger charge is -2.17. The highest BCUT2D eigenvalue weighted by molar-refractivity contribution is 5.85. The number of aryl methyl sites for hydroxylation is 2. The number of oxazole rings is 1. The van der Waals surface area contributed by atoms with Gasteiger partial charge in [0.05, 0.1) is 5.54 Å². The first-order chi connectivity index (χ1) is 10.7. The summed E-state index contributed by atoms with van der Waals surface area (Å²) in [6.07, 6.45) is 5.35. The molecule has 0 saturated heterocycles. The quantitative estimate of drug-likeness (QED) is 0.788. The Morgan fingerprint density at radius 3 is 2.57 bits per heavy atom. The zero-order chi connectivity index (χ0) is 15.0. The summed E-state index contributed by atoms with van der Waals surface area (Å²) in [5, 5.41) is 4.06. The Morgan fingerprint density at radius 1 is 1.04 bits per heavy atom. The van der Waals surface area contributed by atoms with Gasteiger partial charge in [0, 0.05) is 12.8 Å². The number of hydrogen-bond acceptors (Lipinski definition) is 6. The average Bonchev–Trinajstić information content (AvgIpc) is 3.24. The fourth-order valence-corrected chi connectivity index (χ4v) is 3.03. The lowest BCUT2D eigenvalue weighted by molar-refractivity contribution is 0.346. The molecule has 1 aliphatic rings. The van der Waals surface area contributed by atoms with E-state index in [2.05, 4.69) is 15.1 Å². The second-order valence-electron chi connectivity index (χ2n) is 5.95. The molecule has 3 aromatic rings. The molecule has 1 aliphatic carbocycles. The van der Waals surface area contributed by atoms with Gasteiger partial charge >= 0.3 is 0 Å². The second-order valence-corrected chi connectivity index (χ2v) is 5.95. The van der Waals surface area contributed by atoms with Crippen LogP contribution in [0.5, 0.6) is 0 Å². The summed E-state index contributed by atoms with van der Waals surface area (Å²) in [4.78, 5) is 8.91. The van der Waals surface area contributed by atoms with E-state index in [1.807, 2.05) is 24.3 Å². The molecule has 2 aromatic heterocycles. The zero-order valence-corrected chi connectivity index (χ0v) is 13.5. The van der Waals surface area contributed by atoms with Crippen molar-refractivity contribution in [2.45, 2.75) is 44.1 Å². The maximum atomic E-state index is 6.34. The van der Waals surface area contributed by atoms with Crippen LogP contribution in [0.15, 0.2) is 33.2 Å². The van der Waals surface area contributed by atoms with Gasteiger partial charge in [0.25, 0.3) is 0 Å². The number of halogens is 1. The van der Waals surface area contributed by atoms with Gasteiger partial charge in [0.15, 0.2) is 17.3 Å². The van der Waals surface area contributed by atoms with E-state index >= 15 is 0 Å². The van der Waals surface area contributed by atoms with E-state index < -0.39 is 5.54 Å². The predicted octanol–water partition coefficient (Wildman–Crippen LogP) is 3.15. The smallest absolute Gasteiger partial charge is 0.227 e. The van der Waals surface area contributed by atoms with E-state index in [4.69, 9.17) is 14.7 Å². The highest BCUT2D eigenvalue weighted by atomic mass is 35.5. The van der Waals surface area contributed by atoms with E-state index in [1.54, 1.807) is 0 Å². The molecule has 7 heteroatoms. The van der Waals surface area contributed by atoms with Gasteiger partial charge in [-0.1, -0.05) is 30.1 Å². The van der Waals surface area contributed by atoms with Gasteiger partial charge in [-0.2, -0.15) is 4.98 Å². The van der Waals surface area contributed by atoms with Crippen LogP contribution in [-0.2, 0) is 18.4 Å². The summed E-state index contributed by atoms with van der Waals surface area (Å²) in [5.41, 5.74) is 7.61. The second kappa shape index (κ2) is 6.29. The molecule has 0 bridgehead atoms. The highest BCUT2D eigenvalue weighted by Crippen LogP contribution is 2.34. The van der Waals surface area contributed by atoms with E-state index in [9.17, 15) is 0 Å². The Kier molecular flexibility index (Phi) is 4.37. The molecule has 0 atom stereocenters. The summed E-state index contributed by atoms with van der Waals surface area (Å²) in [6, 6.07) is 7.73.